The molecule has 23 heavy (non-hydrogen) atoms. The van der Waals surface area contributed by atoms with E-state index >= 15 is 0 Å². The molecule has 0 saturated heterocycles. The van der Waals surface area contributed by atoms with Gasteiger partial charge in [-0.25, -0.2) is 5.43 Å². The van der Waals surface area contributed by atoms with Crippen molar-refractivity contribution in [2.24, 2.45) is 5.10 Å². The molecule has 6 heteroatoms. The Morgan fingerprint density at radius 1 is 1.30 bits per heavy atom. The van der Waals surface area contributed by atoms with Gasteiger partial charge in [-0.15, -0.1) is 0 Å². The van der Waals surface area contributed by atoms with Crippen molar-refractivity contribution in [3.8, 4) is 11.5 Å². The molecule has 0 radical (unpaired) electrons. The van der Waals surface area contributed by atoms with Crippen LogP contribution in [0.1, 0.15) is 18.1 Å². The van der Waals surface area contributed by atoms with Crippen LogP contribution in [-0.2, 0) is 11.2 Å². The lowest BCUT2D eigenvalue weighted by atomic mass is 10.1. The number of hydrazone groups is 1. The van der Waals surface area contributed by atoms with E-state index < -0.39 is 0 Å². The largest absolute Gasteiger partial charge is 0.507 e. The average Bonchev–Trinajstić information content (AvgIpc) is 2.52. The summed E-state index contributed by atoms with van der Waals surface area (Å²) in [6.45, 7) is 2.40. The van der Waals surface area contributed by atoms with Crippen LogP contribution in [0.25, 0.3) is 0 Å². The third-order valence-corrected chi connectivity index (χ3v) is 3.51. The van der Waals surface area contributed by atoms with Gasteiger partial charge in [-0.1, -0.05) is 28.1 Å². The first-order valence-corrected chi connectivity index (χ1v) is 7.90. The summed E-state index contributed by atoms with van der Waals surface area (Å²) >= 11 is 3.34. The second kappa shape index (κ2) is 8.33. The molecule has 0 aliphatic heterocycles. The number of hydrogen-bond acceptors (Lipinski definition) is 4. The molecular weight excluding hydrogens is 360 g/mol. The van der Waals surface area contributed by atoms with Gasteiger partial charge in [0.2, 0.25) is 5.91 Å². The minimum absolute atomic E-state index is 0.0434. The Morgan fingerprint density at radius 3 is 2.70 bits per heavy atom. The molecule has 5 nitrogen and oxygen atoms in total. The molecule has 120 valence electrons. The molecule has 2 aromatic carbocycles. The Kier molecular flexibility index (Phi) is 6.17. The first-order chi connectivity index (χ1) is 11.1. The van der Waals surface area contributed by atoms with Crippen LogP contribution in [0.4, 0.5) is 0 Å². The topological polar surface area (TPSA) is 70.9 Å². The quantitative estimate of drug-likeness (QED) is 0.600. The monoisotopic (exact) mass is 376 g/mol. The molecule has 1 amide bonds. The van der Waals surface area contributed by atoms with Crippen molar-refractivity contribution in [1.82, 2.24) is 5.43 Å². The number of carbonyl (C=O) groups is 1. The van der Waals surface area contributed by atoms with Gasteiger partial charge < -0.3 is 9.84 Å². The number of rotatable bonds is 6. The molecule has 0 aliphatic carbocycles. The van der Waals surface area contributed by atoms with Crippen LogP contribution in [0.3, 0.4) is 0 Å². The summed E-state index contributed by atoms with van der Waals surface area (Å²) in [7, 11) is 0. The van der Waals surface area contributed by atoms with E-state index in [4.69, 9.17) is 4.74 Å². The van der Waals surface area contributed by atoms with Gasteiger partial charge in [0, 0.05) is 16.1 Å². The first kappa shape index (κ1) is 17.0. The zero-order valence-electron chi connectivity index (χ0n) is 12.6. The minimum Gasteiger partial charge on any atom is -0.507 e. The van der Waals surface area contributed by atoms with Gasteiger partial charge >= 0.3 is 0 Å². The number of benzene rings is 2. The standard InChI is InChI=1S/C17H17BrN2O3/c1-2-23-15-8-5-13(16(21)10-15)11-19-20-17(22)9-12-3-6-14(18)7-4-12/h3-8,10-11,21H,2,9H2,1H3,(H,20,22). The van der Waals surface area contributed by atoms with Crippen LogP contribution in [0.2, 0.25) is 0 Å². The maximum Gasteiger partial charge on any atom is 0.244 e. The number of hydrogen-bond donors (Lipinski definition) is 2. The predicted molar refractivity (Wildman–Crippen MR) is 92.9 cm³/mol. The molecular formula is C17H17BrN2O3. The number of phenolic OH excluding ortho intramolecular Hbond substituents is 1. The van der Waals surface area contributed by atoms with Crippen molar-refractivity contribution in [3.63, 3.8) is 0 Å². The summed E-state index contributed by atoms with van der Waals surface area (Å²) in [6, 6.07) is 12.4. The highest BCUT2D eigenvalue weighted by molar-refractivity contribution is 9.10. The Morgan fingerprint density at radius 2 is 2.04 bits per heavy atom. The molecule has 0 unspecified atom stereocenters. The summed E-state index contributed by atoms with van der Waals surface area (Å²) in [5.74, 6) is 0.400. The normalized spacial score (nSPS) is 10.7. The number of aromatic hydroxyl groups is 1. The van der Waals surface area contributed by atoms with E-state index in [-0.39, 0.29) is 18.1 Å². The molecule has 0 aromatic heterocycles. The van der Waals surface area contributed by atoms with E-state index in [1.807, 2.05) is 31.2 Å². The summed E-state index contributed by atoms with van der Waals surface area (Å²) in [6.07, 6.45) is 1.63. The number of nitrogens with one attached hydrogen (secondary N) is 1. The summed E-state index contributed by atoms with van der Waals surface area (Å²) in [4.78, 5) is 11.8. The van der Waals surface area contributed by atoms with Crippen LogP contribution >= 0.6 is 15.9 Å². The van der Waals surface area contributed by atoms with Crippen LogP contribution in [0, 0.1) is 0 Å². The fourth-order valence-electron chi connectivity index (χ4n) is 1.89. The van der Waals surface area contributed by atoms with Crippen LogP contribution in [0.5, 0.6) is 11.5 Å². The van der Waals surface area contributed by atoms with E-state index in [9.17, 15) is 9.90 Å². The summed E-state index contributed by atoms with van der Waals surface area (Å²) in [5, 5.41) is 13.7. The second-order valence-electron chi connectivity index (χ2n) is 4.75. The molecule has 0 heterocycles. The Labute approximate surface area is 143 Å². The van der Waals surface area contributed by atoms with Crippen molar-refractivity contribution in [2.75, 3.05) is 6.61 Å². The third-order valence-electron chi connectivity index (χ3n) is 2.98. The molecule has 0 fully saturated rings. The molecule has 2 aromatic rings. The highest BCUT2D eigenvalue weighted by Crippen LogP contribution is 2.22. The van der Waals surface area contributed by atoms with Crippen LogP contribution < -0.4 is 10.2 Å². The number of nitrogens with zero attached hydrogens (tertiary/aromatic N) is 1. The lowest BCUT2D eigenvalue weighted by Gasteiger charge is -2.05. The van der Waals surface area contributed by atoms with Gasteiger partial charge in [-0.3, -0.25) is 4.79 Å². The zero-order chi connectivity index (χ0) is 16.7. The maximum absolute atomic E-state index is 11.8. The highest BCUT2D eigenvalue weighted by atomic mass is 79.9. The van der Waals surface area contributed by atoms with Crippen molar-refractivity contribution in [2.45, 2.75) is 13.3 Å². The van der Waals surface area contributed by atoms with Crippen molar-refractivity contribution < 1.29 is 14.6 Å². The molecule has 0 bridgehead atoms. The molecule has 0 atom stereocenters. The SMILES string of the molecule is CCOc1ccc(C=NNC(=O)Cc2ccc(Br)cc2)c(O)c1. The maximum atomic E-state index is 11.8. The van der Waals surface area contributed by atoms with Crippen molar-refractivity contribution >= 4 is 28.1 Å². The molecule has 2 rings (SSSR count). The van der Waals surface area contributed by atoms with Gasteiger partial charge in [0.25, 0.3) is 0 Å². The Hall–Kier alpha value is -2.34. The smallest absolute Gasteiger partial charge is 0.244 e. The molecule has 0 aliphatic rings. The van der Waals surface area contributed by atoms with Crippen LogP contribution in [0.15, 0.2) is 52.0 Å². The first-order valence-electron chi connectivity index (χ1n) is 7.10. The summed E-state index contributed by atoms with van der Waals surface area (Å²) in [5.41, 5.74) is 3.83. The van der Waals surface area contributed by atoms with Crippen molar-refractivity contribution in [3.05, 3.63) is 58.1 Å². The van der Waals surface area contributed by atoms with Gasteiger partial charge in [0.1, 0.15) is 11.5 Å². The number of amides is 1. The third kappa shape index (κ3) is 5.41. The molecule has 0 spiro atoms. The number of ether oxygens (including phenoxy) is 1. The fraction of sp³-hybridized carbons (Fsp3) is 0.176. The average molecular weight is 377 g/mol. The Balaban J connectivity index is 1.90. The van der Waals surface area contributed by atoms with Gasteiger partial charge in [-0.2, -0.15) is 5.10 Å². The lowest BCUT2D eigenvalue weighted by molar-refractivity contribution is -0.120. The zero-order valence-corrected chi connectivity index (χ0v) is 14.2. The second-order valence-corrected chi connectivity index (χ2v) is 5.67. The number of phenols is 1. The van der Waals surface area contributed by atoms with Gasteiger partial charge in [0.15, 0.2) is 0 Å². The fourth-order valence-corrected chi connectivity index (χ4v) is 2.15. The predicted octanol–water partition coefficient (Wildman–Crippen LogP) is 3.25. The molecule has 2 N–H and O–H groups in total. The summed E-state index contributed by atoms with van der Waals surface area (Å²) < 4.78 is 6.25. The molecule has 0 saturated carbocycles. The number of carbonyl (C=O) groups excluding carboxylic acids is 1. The van der Waals surface area contributed by atoms with E-state index in [2.05, 4.69) is 26.5 Å². The van der Waals surface area contributed by atoms with Crippen molar-refractivity contribution in [1.29, 1.82) is 0 Å². The Bertz CT molecular complexity index is 699. The van der Waals surface area contributed by atoms with Crippen LogP contribution in [-0.4, -0.2) is 23.8 Å². The van der Waals surface area contributed by atoms with E-state index in [0.717, 1.165) is 10.0 Å². The highest BCUT2D eigenvalue weighted by Gasteiger charge is 2.03. The number of halogens is 1. The van der Waals surface area contributed by atoms with E-state index in [0.29, 0.717) is 17.9 Å². The van der Waals surface area contributed by atoms with E-state index in [1.54, 1.807) is 12.1 Å². The van der Waals surface area contributed by atoms with Gasteiger partial charge in [0.05, 0.1) is 19.2 Å². The van der Waals surface area contributed by atoms with Gasteiger partial charge in [-0.05, 0) is 36.8 Å². The lowest BCUT2D eigenvalue weighted by Crippen LogP contribution is -2.19. The van der Waals surface area contributed by atoms with E-state index in [1.165, 1.54) is 12.3 Å². The minimum atomic E-state index is -0.228.